The van der Waals surface area contributed by atoms with Crippen LogP contribution in [-0.2, 0) is 4.74 Å². The van der Waals surface area contributed by atoms with Crippen molar-refractivity contribution in [3.63, 3.8) is 0 Å². The number of aromatic nitrogens is 1. The summed E-state index contributed by atoms with van der Waals surface area (Å²) in [6.07, 6.45) is 0.570. The molecular weight excluding hydrogens is 220 g/mol. The largest absolute Gasteiger partial charge is 0.481 e. The fraction of sp³-hybridized carbons (Fsp3) is 0.583. The minimum absolute atomic E-state index is 0.413. The zero-order chi connectivity index (χ0) is 12.7. The van der Waals surface area contributed by atoms with Crippen molar-refractivity contribution in [3.8, 4) is 5.88 Å². The topological polar surface area (TPSA) is 63.6 Å². The van der Waals surface area contributed by atoms with Crippen LogP contribution in [0.15, 0.2) is 18.2 Å². The number of aliphatic hydroxyl groups is 1. The fourth-order valence-corrected chi connectivity index (χ4v) is 1.32. The summed E-state index contributed by atoms with van der Waals surface area (Å²) in [5, 5.41) is 13.1. The molecule has 0 spiro atoms. The molecule has 5 heteroatoms. The summed E-state index contributed by atoms with van der Waals surface area (Å²) >= 11 is 0. The van der Waals surface area contributed by atoms with Crippen molar-refractivity contribution in [2.45, 2.75) is 18.9 Å². The summed E-state index contributed by atoms with van der Waals surface area (Å²) < 4.78 is 9.96. The van der Waals surface area contributed by atoms with Gasteiger partial charge in [0.05, 0.1) is 12.7 Å². The lowest BCUT2D eigenvalue weighted by Gasteiger charge is -2.23. The number of hydrogen-bond acceptors (Lipinski definition) is 5. The van der Waals surface area contributed by atoms with E-state index in [1.165, 1.54) is 0 Å². The molecule has 0 radical (unpaired) electrons. The van der Waals surface area contributed by atoms with Gasteiger partial charge in [0, 0.05) is 32.7 Å². The summed E-state index contributed by atoms with van der Waals surface area (Å²) in [5.74, 6) is 1.23. The zero-order valence-electron chi connectivity index (χ0n) is 10.6. The minimum Gasteiger partial charge on any atom is -0.481 e. The average Bonchev–Trinajstić information content (AvgIpc) is 2.34. The Labute approximate surface area is 102 Å². The number of anilines is 1. The quantitative estimate of drug-likeness (QED) is 0.752. The van der Waals surface area contributed by atoms with Crippen molar-refractivity contribution in [2.24, 2.45) is 0 Å². The Hall–Kier alpha value is -1.33. The molecule has 0 aliphatic rings. The Kier molecular flexibility index (Phi) is 5.18. The van der Waals surface area contributed by atoms with Crippen molar-refractivity contribution >= 4 is 5.82 Å². The predicted molar refractivity (Wildman–Crippen MR) is 66.4 cm³/mol. The highest BCUT2D eigenvalue weighted by Gasteiger charge is 2.19. The smallest absolute Gasteiger partial charge is 0.214 e. The Bertz CT molecular complexity index is 342. The molecule has 0 aromatic carbocycles. The average molecular weight is 240 g/mol. The number of ether oxygens (including phenoxy) is 2. The first kappa shape index (κ1) is 13.7. The van der Waals surface area contributed by atoms with Crippen LogP contribution in [0, 0.1) is 0 Å². The molecule has 1 aromatic heterocycles. The molecule has 96 valence electrons. The highest BCUT2D eigenvalue weighted by molar-refractivity contribution is 5.37. The standard InChI is InChI=1S/C12H20N2O3/c1-12(15,7-8-16-2)9-13-10-5-4-6-11(14-10)17-3/h4-6,15H,7-9H2,1-3H3,(H,13,14). The molecule has 1 aromatic rings. The summed E-state index contributed by atoms with van der Waals surface area (Å²) in [4.78, 5) is 4.20. The van der Waals surface area contributed by atoms with Gasteiger partial charge in [-0.25, -0.2) is 0 Å². The summed E-state index contributed by atoms with van der Waals surface area (Å²) in [7, 11) is 3.19. The van der Waals surface area contributed by atoms with Crippen LogP contribution in [-0.4, -0.2) is 43.1 Å². The van der Waals surface area contributed by atoms with Crippen molar-refractivity contribution < 1.29 is 14.6 Å². The Morgan fingerprint density at radius 1 is 1.41 bits per heavy atom. The molecule has 0 bridgehead atoms. The van der Waals surface area contributed by atoms with Gasteiger partial charge in [-0.2, -0.15) is 4.98 Å². The Morgan fingerprint density at radius 3 is 2.82 bits per heavy atom. The third kappa shape index (κ3) is 5.01. The van der Waals surface area contributed by atoms with Crippen LogP contribution in [0.4, 0.5) is 5.82 Å². The van der Waals surface area contributed by atoms with Gasteiger partial charge in [0.2, 0.25) is 5.88 Å². The van der Waals surface area contributed by atoms with Gasteiger partial charge < -0.3 is 19.9 Å². The second-order valence-corrected chi connectivity index (χ2v) is 4.16. The summed E-state index contributed by atoms with van der Waals surface area (Å²) in [6.45, 7) is 2.70. The molecule has 0 saturated carbocycles. The monoisotopic (exact) mass is 240 g/mol. The molecule has 0 amide bonds. The van der Waals surface area contributed by atoms with Crippen molar-refractivity contribution in [1.82, 2.24) is 4.98 Å². The van der Waals surface area contributed by atoms with Crippen LogP contribution in [0.3, 0.4) is 0 Å². The number of nitrogens with zero attached hydrogens (tertiary/aromatic N) is 1. The van der Waals surface area contributed by atoms with Gasteiger partial charge in [0.25, 0.3) is 0 Å². The van der Waals surface area contributed by atoms with Gasteiger partial charge in [0.15, 0.2) is 0 Å². The molecule has 0 aliphatic carbocycles. The maximum atomic E-state index is 10.0. The Balaban J connectivity index is 2.48. The first-order chi connectivity index (χ1) is 8.07. The predicted octanol–water partition coefficient (Wildman–Crippen LogP) is 1.29. The minimum atomic E-state index is -0.819. The maximum Gasteiger partial charge on any atom is 0.214 e. The van der Waals surface area contributed by atoms with E-state index < -0.39 is 5.60 Å². The third-order valence-corrected chi connectivity index (χ3v) is 2.43. The molecule has 0 fully saturated rings. The highest BCUT2D eigenvalue weighted by Crippen LogP contribution is 2.14. The van der Waals surface area contributed by atoms with Crippen molar-refractivity contribution in [1.29, 1.82) is 0 Å². The molecule has 2 N–H and O–H groups in total. The van der Waals surface area contributed by atoms with E-state index in [1.54, 1.807) is 27.2 Å². The van der Waals surface area contributed by atoms with E-state index in [-0.39, 0.29) is 0 Å². The second-order valence-electron chi connectivity index (χ2n) is 4.16. The molecule has 1 unspecified atom stereocenters. The molecule has 17 heavy (non-hydrogen) atoms. The molecule has 1 atom stereocenters. The molecule has 1 rings (SSSR count). The van der Waals surface area contributed by atoms with E-state index in [2.05, 4.69) is 10.3 Å². The van der Waals surface area contributed by atoms with Gasteiger partial charge in [-0.15, -0.1) is 0 Å². The van der Waals surface area contributed by atoms with E-state index in [9.17, 15) is 5.11 Å². The number of nitrogens with one attached hydrogen (secondary N) is 1. The first-order valence-corrected chi connectivity index (χ1v) is 5.53. The molecular formula is C12H20N2O3. The van der Waals surface area contributed by atoms with Gasteiger partial charge in [-0.1, -0.05) is 6.07 Å². The van der Waals surface area contributed by atoms with Crippen LogP contribution in [0.2, 0.25) is 0 Å². The number of hydrogen-bond donors (Lipinski definition) is 2. The highest BCUT2D eigenvalue weighted by atomic mass is 16.5. The van der Waals surface area contributed by atoms with Crippen LogP contribution in [0.1, 0.15) is 13.3 Å². The normalized spacial score (nSPS) is 14.1. The van der Waals surface area contributed by atoms with Crippen LogP contribution in [0.5, 0.6) is 5.88 Å². The number of methoxy groups -OCH3 is 2. The van der Waals surface area contributed by atoms with Gasteiger partial charge in [0.1, 0.15) is 5.82 Å². The SMILES string of the molecule is COCCC(C)(O)CNc1cccc(OC)n1. The van der Waals surface area contributed by atoms with Crippen molar-refractivity contribution in [2.75, 3.05) is 32.7 Å². The zero-order valence-corrected chi connectivity index (χ0v) is 10.6. The van der Waals surface area contributed by atoms with Gasteiger partial charge >= 0.3 is 0 Å². The van der Waals surface area contributed by atoms with E-state index in [1.807, 2.05) is 12.1 Å². The van der Waals surface area contributed by atoms with E-state index >= 15 is 0 Å². The Morgan fingerprint density at radius 2 is 2.18 bits per heavy atom. The van der Waals surface area contributed by atoms with E-state index in [4.69, 9.17) is 9.47 Å². The molecule has 1 heterocycles. The van der Waals surface area contributed by atoms with Gasteiger partial charge in [-0.05, 0) is 13.0 Å². The molecule has 5 nitrogen and oxygen atoms in total. The number of rotatable bonds is 7. The fourth-order valence-electron chi connectivity index (χ4n) is 1.32. The van der Waals surface area contributed by atoms with E-state index in [0.29, 0.717) is 31.3 Å². The first-order valence-electron chi connectivity index (χ1n) is 5.53. The lowest BCUT2D eigenvalue weighted by atomic mass is 10.0. The van der Waals surface area contributed by atoms with Crippen molar-refractivity contribution in [3.05, 3.63) is 18.2 Å². The van der Waals surface area contributed by atoms with Crippen LogP contribution < -0.4 is 10.1 Å². The summed E-state index contributed by atoms with van der Waals surface area (Å²) in [5.41, 5.74) is -0.819. The van der Waals surface area contributed by atoms with E-state index in [0.717, 1.165) is 0 Å². The third-order valence-electron chi connectivity index (χ3n) is 2.43. The lowest BCUT2D eigenvalue weighted by Crippen LogP contribution is -2.34. The van der Waals surface area contributed by atoms with Crippen LogP contribution in [0.25, 0.3) is 0 Å². The van der Waals surface area contributed by atoms with Gasteiger partial charge in [-0.3, -0.25) is 0 Å². The molecule has 0 aliphatic heterocycles. The lowest BCUT2D eigenvalue weighted by molar-refractivity contribution is 0.0357. The second kappa shape index (κ2) is 6.42. The van der Waals surface area contributed by atoms with Crippen LogP contribution >= 0.6 is 0 Å². The molecule has 0 saturated heterocycles. The summed E-state index contributed by atoms with van der Waals surface area (Å²) in [6, 6.07) is 5.45. The number of pyridine rings is 1. The maximum absolute atomic E-state index is 10.0.